The Bertz CT molecular complexity index is 1250. The van der Waals surface area contributed by atoms with E-state index in [1.54, 1.807) is 4.90 Å². The van der Waals surface area contributed by atoms with E-state index in [0.717, 1.165) is 60.6 Å². The number of likely N-dealkylation sites (N-methyl/N-ethyl adjacent to an activating group) is 1. The number of nitrogens with one attached hydrogen (secondary N) is 1. The summed E-state index contributed by atoms with van der Waals surface area (Å²) in [5, 5.41) is 10.4. The van der Waals surface area contributed by atoms with Crippen LogP contribution in [0.1, 0.15) is 41.1 Å². The van der Waals surface area contributed by atoms with Gasteiger partial charge in [-0.05, 0) is 54.7 Å². The van der Waals surface area contributed by atoms with Crippen molar-refractivity contribution in [3.8, 4) is 5.75 Å². The number of aromatic nitrogens is 1. The van der Waals surface area contributed by atoms with Gasteiger partial charge in [-0.2, -0.15) is 0 Å². The normalized spacial score (nSPS) is 20.1. The molecule has 0 spiro atoms. The Balaban J connectivity index is 1.11. The Kier molecular flexibility index (Phi) is 7.35. The molecule has 1 fully saturated rings. The van der Waals surface area contributed by atoms with Crippen LogP contribution in [-0.4, -0.2) is 77.1 Å². The first-order chi connectivity index (χ1) is 17.9. The van der Waals surface area contributed by atoms with Crippen molar-refractivity contribution in [2.75, 3.05) is 40.3 Å². The zero-order valence-electron chi connectivity index (χ0n) is 21.9. The molecular weight excluding hydrogens is 464 g/mol. The second-order valence-corrected chi connectivity index (χ2v) is 10.0. The van der Waals surface area contributed by atoms with E-state index >= 15 is 0 Å². The Morgan fingerprint density at radius 2 is 1.65 bits per heavy atom. The summed E-state index contributed by atoms with van der Waals surface area (Å²) in [7, 11) is 3.75. The summed E-state index contributed by atoms with van der Waals surface area (Å²) in [6.45, 7) is 4.95. The van der Waals surface area contributed by atoms with E-state index in [9.17, 15) is 9.90 Å². The van der Waals surface area contributed by atoms with Gasteiger partial charge in [0.2, 0.25) is 5.91 Å². The molecule has 2 aromatic carbocycles. The van der Waals surface area contributed by atoms with Gasteiger partial charge in [-0.15, -0.1) is 0 Å². The van der Waals surface area contributed by atoms with Crippen LogP contribution in [0.25, 0.3) is 5.57 Å². The number of fused-ring (bicyclic) bond motifs is 1. The van der Waals surface area contributed by atoms with Crippen LogP contribution in [0.3, 0.4) is 0 Å². The van der Waals surface area contributed by atoms with Crippen molar-refractivity contribution in [2.24, 2.45) is 0 Å². The highest BCUT2D eigenvalue weighted by atomic mass is 16.5. The zero-order chi connectivity index (χ0) is 25.9. The summed E-state index contributed by atoms with van der Waals surface area (Å²) in [6, 6.07) is 19.0. The maximum Gasteiger partial charge on any atom is 0.239 e. The van der Waals surface area contributed by atoms with Gasteiger partial charge in [-0.25, -0.2) is 0 Å². The minimum absolute atomic E-state index is 0.0847. The predicted molar refractivity (Wildman–Crippen MR) is 145 cm³/mol. The van der Waals surface area contributed by atoms with Crippen molar-refractivity contribution in [2.45, 2.75) is 32.0 Å². The molecule has 194 valence electrons. The van der Waals surface area contributed by atoms with E-state index < -0.39 is 6.23 Å². The smallest absolute Gasteiger partial charge is 0.239 e. The van der Waals surface area contributed by atoms with E-state index in [4.69, 9.17) is 4.74 Å². The molecule has 5 rings (SSSR count). The number of carbonyl (C=O) groups excluding carboxylic acids is 1. The molecule has 1 amide bonds. The number of nitrogens with zero attached hydrogens (tertiary/aromatic N) is 3. The van der Waals surface area contributed by atoms with E-state index in [0.29, 0.717) is 6.61 Å². The molecule has 7 heteroatoms. The molecule has 0 radical (unpaired) electrons. The summed E-state index contributed by atoms with van der Waals surface area (Å²) < 4.78 is 5.95. The second-order valence-electron chi connectivity index (χ2n) is 10.0. The summed E-state index contributed by atoms with van der Waals surface area (Å²) in [5.74, 6) is 1.04. The number of piperazine rings is 1. The number of ether oxygens (including phenoxy) is 1. The SMILES string of the molecule is C[C@@H]1C(=O)N(C)CCN1CCOc1ccc(CCc2ccc(C3=CN(C)C(O)c4[nH]ccc43)cc2)cc1. The lowest BCUT2D eigenvalue weighted by Gasteiger charge is -2.37. The maximum absolute atomic E-state index is 12.1. The number of hydrogen-bond acceptors (Lipinski definition) is 5. The second kappa shape index (κ2) is 10.8. The monoisotopic (exact) mass is 500 g/mol. The quantitative estimate of drug-likeness (QED) is 0.494. The van der Waals surface area contributed by atoms with Gasteiger partial charge in [0.1, 0.15) is 12.4 Å². The highest BCUT2D eigenvalue weighted by molar-refractivity contribution is 5.82. The standard InChI is InChI=1S/C30H36N4O3/c1-21-29(35)32(2)16-17-34(21)18-19-37-25-12-8-23(9-13-25)5-4-22-6-10-24(11-7-22)27-20-33(3)30(36)28-26(27)14-15-31-28/h6-15,20-21,30-31,36H,4-5,16-19H2,1-3H3/t21-,30?/m1/s1. The molecule has 1 aromatic heterocycles. The predicted octanol–water partition coefficient (Wildman–Crippen LogP) is 3.67. The average molecular weight is 501 g/mol. The van der Waals surface area contributed by atoms with Gasteiger partial charge in [-0.1, -0.05) is 36.4 Å². The van der Waals surface area contributed by atoms with E-state index in [1.165, 1.54) is 11.1 Å². The molecule has 1 saturated heterocycles. The first-order valence-corrected chi connectivity index (χ1v) is 13.0. The first-order valence-electron chi connectivity index (χ1n) is 13.0. The number of aryl methyl sites for hydroxylation is 2. The van der Waals surface area contributed by atoms with Crippen LogP contribution in [0.4, 0.5) is 0 Å². The minimum atomic E-state index is -0.642. The third kappa shape index (κ3) is 5.43. The fraction of sp³-hybridized carbons (Fsp3) is 0.367. The summed E-state index contributed by atoms with van der Waals surface area (Å²) in [4.78, 5) is 21.1. The molecule has 7 nitrogen and oxygen atoms in total. The number of aliphatic hydroxyl groups excluding tert-OH is 1. The van der Waals surface area contributed by atoms with Gasteiger partial charge in [-0.3, -0.25) is 9.69 Å². The molecule has 37 heavy (non-hydrogen) atoms. The number of benzene rings is 2. The van der Waals surface area contributed by atoms with Crippen molar-refractivity contribution in [1.82, 2.24) is 19.7 Å². The largest absolute Gasteiger partial charge is 0.492 e. The molecule has 1 unspecified atom stereocenters. The van der Waals surface area contributed by atoms with E-state index in [1.807, 2.05) is 56.5 Å². The summed E-state index contributed by atoms with van der Waals surface area (Å²) in [6.07, 6.45) is 5.16. The van der Waals surface area contributed by atoms with E-state index in [-0.39, 0.29) is 11.9 Å². The Labute approximate surface area is 219 Å². The average Bonchev–Trinajstić information content (AvgIpc) is 3.41. The lowest BCUT2D eigenvalue weighted by molar-refractivity contribution is -0.139. The van der Waals surface area contributed by atoms with Crippen LogP contribution in [-0.2, 0) is 17.6 Å². The van der Waals surface area contributed by atoms with Gasteiger partial charge < -0.3 is 24.6 Å². The van der Waals surface area contributed by atoms with Crippen LogP contribution in [0, 0.1) is 0 Å². The van der Waals surface area contributed by atoms with Gasteiger partial charge in [0.25, 0.3) is 0 Å². The molecular formula is C30H36N4O3. The maximum atomic E-state index is 12.1. The van der Waals surface area contributed by atoms with Crippen LogP contribution in [0.5, 0.6) is 5.75 Å². The molecule has 0 saturated carbocycles. The van der Waals surface area contributed by atoms with Crippen LogP contribution >= 0.6 is 0 Å². The van der Waals surface area contributed by atoms with Gasteiger partial charge in [0.15, 0.2) is 6.23 Å². The fourth-order valence-electron chi connectivity index (χ4n) is 5.14. The molecule has 0 bridgehead atoms. The van der Waals surface area contributed by atoms with E-state index in [2.05, 4.69) is 46.3 Å². The summed E-state index contributed by atoms with van der Waals surface area (Å²) >= 11 is 0. The number of H-pyrrole nitrogens is 1. The zero-order valence-corrected chi connectivity index (χ0v) is 21.9. The van der Waals surface area contributed by atoms with Crippen LogP contribution in [0.15, 0.2) is 67.0 Å². The van der Waals surface area contributed by atoms with Crippen molar-refractivity contribution in [3.05, 3.63) is 94.9 Å². The molecule has 3 aromatic rings. The molecule has 2 aliphatic rings. The number of aliphatic hydroxyl groups is 1. The fourth-order valence-corrected chi connectivity index (χ4v) is 5.14. The highest BCUT2D eigenvalue weighted by Crippen LogP contribution is 2.35. The van der Waals surface area contributed by atoms with Gasteiger partial charge in [0.05, 0.1) is 11.7 Å². The molecule has 2 N–H and O–H groups in total. The molecule has 2 atom stereocenters. The van der Waals surface area contributed by atoms with Crippen molar-refractivity contribution in [3.63, 3.8) is 0 Å². The Morgan fingerprint density at radius 1 is 0.973 bits per heavy atom. The number of amides is 1. The first kappa shape index (κ1) is 25.1. The van der Waals surface area contributed by atoms with Gasteiger partial charge >= 0.3 is 0 Å². The Morgan fingerprint density at radius 3 is 2.35 bits per heavy atom. The van der Waals surface area contributed by atoms with Crippen molar-refractivity contribution >= 4 is 11.5 Å². The third-order valence-corrected chi connectivity index (χ3v) is 7.59. The van der Waals surface area contributed by atoms with Crippen LogP contribution in [0.2, 0.25) is 0 Å². The molecule has 0 aliphatic carbocycles. The number of hydrogen-bond donors (Lipinski definition) is 2. The Hall–Kier alpha value is -3.55. The lowest BCUT2D eigenvalue weighted by Crippen LogP contribution is -2.55. The molecule has 3 heterocycles. The topological polar surface area (TPSA) is 72.0 Å². The lowest BCUT2D eigenvalue weighted by atomic mass is 9.94. The van der Waals surface area contributed by atoms with Gasteiger partial charge in [0, 0.05) is 57.3 Å². The molecule has 2 aliphatic heterocycles. The number of aromatic amines is 1. The van der Waals surface area contributed by atoms with Crippen molar-refractivity contribution < 1.29 is 14.6 Å². The van der Waals surface area contributed by atoms with Crippen LogP contribution < -0.4 is 4.74 Å². The summed E-state index contributed by atoms with van der Waals surface area (Å²) in [5.41, 5.74) is 6.70. The number of rotatable bonds is 8. The highest BCUT2D eigenvalue weighted by Gasteiger charge is 2.29. The van der Waals surface area contributed by atoms with Crippen molar-refractivity contribution in [1.29, 1.82) is 0 Å². The number of carbonyl (C=O) groups is 1. The minimum Gasteiger partial charge on any atom is -0.492 e. The third-order valence-electron chi connectivity index (χ3n) is 7.59.